The molecule has 0 saturated heterocycles. The molecule has 22 heavy (non-hydrogen) atoms. The van der Waals surface area contributed by atoms with Crippen molar-refractivity contribution in [3.8, 4) is 0 Å². The van der Waals surface area contributed by atoms with Crippen LogP contribution in [0.1, 0.15) is 68.0 Å². The van der Waals surface area contributed by atoms with Crippen molar-refractivity contribution in [2.75, 3.05) is 0 Å². The molecule has 3 rings (SSSR count). The van der Waals surface area contributed by atoms with E-state index in [1.807, 2.05) is 12.1 Å². The number of aryl methyl sites for hydroxylation is 1. The molecule has 0 radical (unpaired) electrons. The molecule has 1 aliphatic carbocycles. The summed E-state index contributed by atoms with van der Waals surface area (Å²) in [6.45, 7) is 4.44. The van der Waals surface area contributed by atoms with Crippen LogP contribution in [0.3, 0.4) is 0 Å². The minimum absolute atomic E-state index is 0.177. The van der Waals surface area contributed by atoms with E-state index in [-0.39, 0.29) is 11.7 Å². The van der Waals surface area contributed by atoms with Crippen molar-refractivity contribution >= 4 is 0 Å². The Morgan fingerprint density at radius 3 is 2.36 bits per heavy atom. The zero-order valence-corrected chi connectivity index (χ0v) is 13.5. The number of fused-ring (bicyclic) bond motifs is 1. The number of H-pyrrole nitrogens is 1. The first kappa shape index (κ1) is 15.3. The van der Waals surface area contributed by atoms with E-state index in [4.69, 9.17) is 0 Å². The lowest BCUT2D eigenvalue weighted by Crippen LogP contribution is -2.12. The molecule has 118 valence electrons. The van der Waals surface area contributed by atoms with Gasteiger partial charge in [-0.05, 0) is 54.9 Å². The zero-order valence-electron chi connectivity index (χ0n) is 13.5. The number of hydrogen-bond donors (Lipinski definition) is 1. The van der Waals surface area contributed by atoms with Crippen molar-refractivity contribution in [3.63, 3.8) is 0 Å². The minimum atomic E-state index is -0.177. The normalized spacial score (nSPS) is 16.9. The fraction of sp³-hybridized carbons (Fsp3) is 0.526. The molecule has 1 aromatic heterocycles. The Labute approximate surface area is 132 Å². The molecule has 1 aromatic carbocycles. The van der Waals surface area contributed by atoms with Gasteiger partial charge in [-0.15, -0.1) is 0 Å². The van der Waals surface area contributed by atoms with Crippen LogP contribution in [0.2, 0.25) is 0 Å². The number of nitrogens with zero attached hydrogens (tertiary/aromatic N) is 1. The van der Waals surface area contributed by atoms with Gasteiger partial charge in [-0.3, -0.25) is 5.10 Å². The molecule has 0 fully saturated rings. The molecule has 1 heterocycles. The van der Waals surface area contributed by atoms with Gasteiger partial charge in [-0.2, -0.15) is 5.10 Å². The third-order valence-corrected chi connectivity index (χ3v) is 4.78. The molecule has 1 atom stereocenters. The lowest BCUT2D eigenvalue weighted by Gasteiger charge is -2.22. The Hall–Kier alpha value is -1.64. The minimum Gasteiger partial charge on any atom is -0.282 e. The number of aromatic amines is 1. The molecule has 2 nitrogen and oxygen atoms in total. The molecular formula is C19H25FN2. The van der Waals surface area contributed by atoms with Crippen LogP contribution in [0.4, 0.5) is 4.39 Å². The molecule has 0 amide bonds. The number of rotatable bonds is 3. The summed E-state index contributed by atoms with van der Waals surface area (Å²) < 4.78 is 13.2. The van der Waals surface area contributed by atoms with Crippen LogP contribution in [-0.2, 0) is 12.8 Å². The largest absolute Gasteiger partial charge is 0.282 e. The summed E-state index contributed by atoms with van der Waals surface area (Å²) >= 11 is 0. The summed E-state index contributed by atoms with van der Waals surface area (Å²) in [5.41, 5.74) is 5.08. The predicted molar refractivity (Wildman–Crippen MR) is 87.5 cm³/mol. The Bertz CT molecular complexity index is 613. The lowest BCUT2D eigenvalue weighted by atomic mass is 9.82. The first-order chi connectivity index (χ1) is 10.7. The van der Waals surface area contributed by atoms with Gasteiger partial charge in [0.1, 0.15) is 5.82 Å². The molecular weight excluding hydrogens is 275 g/mol. The molecule has 1 unspecified atom stereocenters. The van der Waals surface area contributed by atoms with E-state index in [2.05, 4.69) is 24.0 Å². The molecule has 1 aliphatic rings. The van der Waals surface area contributed by atoms with E-state index in [0.717, 1.165) is 18.4 Å². The summed E-state index contributed by atoms with van der Waals surface area (Å²) in [6.07, 6.45) is 7.35. The second-order valence-corrected chi connectivity index (χ2v) is 6.75. The SMILES string of the molecule is CC(C)C(c1ccc(F)cc1)c1n[nH]c2c1CCCCCC2. The van der Waals surface area contributed by atoms with Crippen molar-refractivity contribution < 1.29 is 4.39 Å². The van der Waals surface area contributed by atoms with Crippen LogP contribution in [0.25, 0.3) is 0 Å². The highest BCUT2D eigenvalue weighted by Gasteiger charge is 2.26. The topological polar surface area (TPSA) is 28.7 Å². The maximum Gasteiger partial charge on any atom is 0.123 e. The van der Waals surface area contributed by atoms with Gasteiger partial charge in [-0.1, -0.05) is 38.8 Å². The smallest absolute Gasteiger partial charge is 0.123 e. The Kier molecular flexibility index (Phi) is 4.60. The van der Waals surface area contributed by atoms with Crippen LogP contribution >= 0.6 is 0 Å². The number of halogens is 1. The molecule has 2 aromatic rings. The quantitative estimate of drug-likeness (QED) is 0.849. The Balaban J connectivity index is 2.00. The Morgan fingerprint density at radius 1 is 1.00 bits per heavy atom. The summed E-state index contributed by atoms with van der Waals surface area (Å²) in [6, 6.07) is 6.93. The second-order valence-electron chi connectivity index (χ2n) is 6.75. The summed E-state index contributed by atoms with van der Waals surface area (Å²) in [5.74, 6) is 0.493. The standard InChI is InChI=1S/C19H25FN2/c1-13(2)18(14-9-11-15(20)12-10-14)19-16-7-5-3-4-6-8-17(16)21-22-19/h9-13,18H,3-8H2,1-2H3,(H,21,22). The highest BCUT2D eigenvalue weighted by atomic mass is 19.1. The molecule has 0 spiro atoms. The fourth-order valence-corrected chi connectivity index (χ4v) is 3.65. The first-order valence-corrected chi connectivity index (χ1v) is 8.48. The molecule has 3 heteroatoms. The third kappa shape index (κ3) is 3.08. The van der Waals surface area contributed by atoms with E-state index in [1.165, 1.54) is 42.6 Å². The van der Waals surface area contributed by atoms with Crippen LogP contribution in [0.5, 0.6) is 0 Å². The molecule has 0 bridgehead atoms. The fourth-order valence-electron chi connectivity index (χ4n) is 3.65. The number of benzene rings is 1. The summed E-state index contributed by atoms with van der Waals surface area (Å²) in [7, 11) is 0. The van der Waals surface area contributed by atoms with Crippen molar-refractivity contribution in [1.82, 2.24) is 10.2 Å². The van der Waals surface area contributed by atoms with Gasteiger partial charge < -0.3 is 0 Å². The highest BCUT2D eigenvalue weighted by Crippen LogP contribution is 2.35. The summed E-state index contributed by atoms with van der Waals surface area (Å²) in [4.78, 5) is 0. The van der Waals surface area contributed by atoms with Crippen LogP contribution < -0.4 is 0 Å². The van der Waals surface area contributed by atoms with Crippen molar-refractivity contribution in [3.05, 3.63) is 52.6 Å². The van der Waals surface area contributed by atoms with Gasteiger partial charge in [0.15, 0.2) is 0 Å². The lowest BCUT2D eigenvalue weighted by molar-refractivity contribution is 0.542. The molecule has 0 saturated carbocycles. The summed E-state index contributed by atoms with van der Waals surface area (Å²) in [5, 5.41) is 7.97. The van der Waals surface area contributed by atoms with Crippen molar-refractivity contribution in [1.29, 1.82) is 0 Å². The number of nitrogens with one attached hydrogen (secondary N) is 1. The number of hydrogen-bond acceptors (Lipinski definition) is 1. The Morgan fingerprint density at radius 2 is 1.68 bits per heavy atom. The van der Waals surface area contributed by atoms with E-state index in [1.54, 1.807) is 12.1 Å². The van der Waals surface area contributed by atoms with E-state index < -0.39 is 0 Å². The van der Waals surface area contributed by atoms with Gasteiger partial charge in [0, 0.05) is 11.6 Å². The number of aromatic nitrogens is 2. The van der Waals surface area contributed by atoms with E-state index in [0.29, 0.717) is 5.92 Å². The van der Waals surface area contributed by atoms with E-state index >= 15 is 0 Å². The first-order valence-electron chi connectivity index (χ1n) is 8.48. The third-order valence-electron chi connectivity index (χ3n) is 4.78. The zero-order chi connectivity index (χ0) is 15.5. The highest BCUT2D eigenvalue weighted by molar-refractivity contribution is 5.37. The van der Waals surface area contributed by atoms with Crippen LogP contribution in [-0.4, -0.2) is 10.2 Å². The van der Waals surface area contributed by atoms with Crippen LogP contribution in [0, 0.1) is 11.7 Å². The monoisotopic (exact) mass is 300 g/mol. The van der Waals surface area contributed by atoms with Crippen molar-refractivity contribution in [2.45, 2.75) is 58.3 Å². The second kappa shape index (κ2) is 6.64. The average molecular weight is 300 g/mol. The maximum atomic E-state index is 13.2. The van der Waals surface area contributed by atoms with E-state index in [9.17, 15) is 4.39 Å². The molecule has 1 N–H and O–H groups in total. The van der Waals surface area contributed by atoms with Gasteiger partial charge in [0.2, 0.25) is 0 Å². The average Bonchev–Trinajstić information content (AvgIpc) is 2.82. The maximum absolute atomic E-state index is 13.2. The van der Waals surface area contributed by atoms with Gasteiger partial charge in [0.25, 0.3) is 0 Å². The van der Waals surface area contributed by atoms with Gasteiger partial charge in [-0.25, -0.2) is 4.39 Å². The van der Waals surface area contributed by atoms with Gasteiger partial charge >= 0.3 is 0 Å². The predicted octanol–water partition coefficient (Wildman–Crippen LogP) is 5.00. The van der Waals surface area contributed by atoms with Crippen LogP contribution in [0.15, 0.2) is 24.3 Å². The molecule has 0 aliphatic heterocycles. The van der Waals surface area contributed by atoms with Crippen molar-refractivity contribution in [2.24, 2.45) is 5.92 Å². The van der Waals surface area contributed by atoms with Gasteiger partial charge in [0.05, 0.1) is 5.69 Å².